The molecule has 33 heavy (non-hydrogen) atoms. The summed E-state index contributed by atoms with van der Waals surface area (Å²) in [5.74, 6) is 0.248. The maximum atomic E-state index is 15.1. The lowest BCUT2D eigenvalue weighted by atomic mass is 9.74. The highest BCUT2D eigenvalue weighted by Gasteiger charge is 2.46. The van der Waals surface area contributed by atoms with Gasteiger partial charge in [0.15, 0.2) is 0 Å². The number of ether oxygens (including phenoxy) is 2. The van der Waals surface area contributed by atoms with Gasteiger partial charge in [-0.3, -0.25) is 4.72 Å². The van der Waals surface area contributed by atoms with E-state index in [1.807, 2.05) is 13.0 Å². The molecular formula is C24H32FN3O4S. The third-order valence-electron chi connectivity index (χ3n) is 6.59. The van der Waals surface area contributed by atoms with Crippen molar-refractivity contribution in [3.05, 3.63) is 47.2 Å². The first-order chi connectivity index (χ1) is 15.8. The number of methoxy groups -OCH3 is 1. The molecule has 1 aliphatic heterocycles. The average molecular weight is 478 g/mol. The van der Waals surface area contributed by atoms with Gasteiger partial charge in [0.1, 0.15) is 11.4 Å². The summed E-state index contributed by atoms with van der Waals surface area (Å²) in [5.41, 5.74) is 1.28. The van der Waals surface area contributed by atoms with Crippen molar-refractivity contribution in [1.82, 2.24) is 9.88 Å². The molecule has 1 aromatic heterocycles. The van der Waals surface area contributed by atoms with Gasteiger partial charge in [0, 0.05) is 44.7 Å². The molecule has 180 valence electrons. The van der Waals surface area contributed by atoms with Crippen LogP contribution in [-0.2, 0) is 33.3 Å². The topological polar surface area (TPSA) is 80.8 Å². The van der Waals surface area contributed by atoms with Crippen LogP contribution in [-0.4, -0.2) is 57.8 Å². The minimum absolute atomic E-state index is 0.0599. The van der Waals surface area contributed by atoms with Gasteiger partial charge in [0.25, 0.3) is 10.0 Å². The molecule has 2 aliphatic rings. The summed E-state index contributed by atoms with van der Waals surface area (Å²) in [6, 6.07) is 7.79. The summed E-state index contributed by atoms with van der Waals surface area (Å²) in [6.07, 6.45) is 2.09. The molecule has 0 radical (unpaired) electrons. The summed E-state index contributed by atoms with van der Waals surface area (Å²) >= 11 is 0. The highest BCUT2D eigenvalue weighted by atomic mass is 32.2. The van der Waals surface area contributed by atoms with E-state index in [2.05, 4.69) is 21.5 Å². The number of halogens is 1. The quantitative estimate of drug-likeness (QED) is 0.625. The molecule has 1 saturated carbocycles. The van der Waals surface area contributed by atoms with E-state index >= 15 is 4.39 Å². The molecule has 1 N–H and O–H groups in total. The molecule has 9 heteroatoms. The summed E-state index contributed by atoms with van der Waals surface area (Å²) in [7, 11) is -2.42. The maximum absolute atomic E-state index is 15.1. The molecule has 0 unspecified atom stereocenters. The van der Waals surface area contributed by atoms with Gasteiger partial charge in [-0.2, -0.15) is 0 Å². The number of fused-ring (bicyclic) bond motifs is 1. The Kier molecular flexibility index (Phi) is 6.93. The van der Waals surface area contributed by atoms with E-state index in [-0.39, 0.29) is 16.9 Å². The van der Waals surface area contributed by atoms with Gasteiger partial charge >= 0.3 is 0 Å². The lowest BCUT2D eigenvalue weighted by molar-refractivity contribution is -0.0967. The van der Waals surface area contributed by atoms with Crippen LogP contribution in [0.25, 0.3) is 0 Å². The lowest BCUT2D eigenvalue weighted by Crippen LogP contribution is -2.42. The third kappa shape index (κ3) is 5.00. The zero-order valence-corrected chi connectivity index (χ0v) is 20.3. The second kappa shape index (κ2) is 9.56. The van der Waals surface area contributed by atoms with Crippen molar-refractivity contribution in [3.8, 4) is 5.88 Å². The molecule has 0 amide bonds. The number of likely N-dealkylation sites (N-methyl/N-ethyl adjacent to an activating group) is 1. The Bertz CT molecular complexity index is 1090. The van der Waals surface area contributed by atoms with Gasteiger partial charge in [-0.25, -0.2) is 17.8 Å². The van der Waals surface area contributed by atoms with Crippen LogP contribution in [0.2, 0.25) is 0 Å². The molecule has 4 rings (SSSR count). The van der Waals surface area contributed by atoms with Crippen LogP contribution in [0.1, 0.15) is 43.5 Å². The Morgan fingerprint density at radius 1 is 1.18 bits per heavy atom. The first-order valence-corrected chi connectivity index (χ1v) is 13.0. The minimum atomic E-state index is -3.89. The zero-order chi connectivity index (χ0) is 23.6. The Morgan fingerprint density at radius 3 is 2.52 bits per heavy atom. The fourth-order valence-electron chi connectivity index (χ4n) is 4.59. The summed E-state index contributed by atoms with van der Waals surface area (Å²) in [5, 5.41) is 0. The number of pyridine rings is 1. The SMILES string of the molecule is CCO[C@H]1C[C@@](F)(c2ccc(S(=O)(=O)Nc3cc4c(nc3OC)CCN(CC)CC4)cc2)C1. The number of aromatic nitrogens is 1. The number of nitrogens with zero attached hydrogens (tertiary/aromatic N) is 2. The Balaban J connectivity index is 1.52. The Hall–Kier alpha value is -2.23. The third-order valence-corrected chi connectivity index (χ3v) is 7.97. The summed E-state index contributed by atoms with van der Waals surface area (Å²) in [4.78, 5) is 6.99. The zero-order valence-electron chi connectivity index (χ0n) is 19.4. The molecular weight excluding hydrogens is 445 g/mol. The van der Waals surface area contributed by atoms with Crippen LogP contribution in [0.15, 0.2) is 35.2 Å². The van der Waals surface area contributed by atoms with E-state index in [9.17, 15) is 8.42 Å². The van der Waals surface area contributed by atoms with E-state index in [1.54, 1.807) is 12.1 Å². The number of anilines is 1. The smallest absolute Gasteiger partial charge is 0.262 e. The summed E-state index contributed by atoms with van der Waals surface area (Å²) in [6.45, 7) is 7.36. The predicted octanol–water partition coefficient (Wildman–Crippen LogP) is 3.68. The second-order valence-corrected chi connectivity index (χ2v) is 10.3. The van der Waals surface area contributed by atoms with Crippen LogP contribution in [0.5, 0.6) is 5.88 Å². The van der Waals surface area contributed by atoms with E-state index < -0.39 is 15.7 Å². The molecule has 0 atom stereocenters. The minimum Gasteiger partial charge on any atom is -0.479 e. The van der Waals surface area contributed by atoms with Crippen LogP contribution in [0.3, 0.4) is 0 Å². The molecule has 0 saturated heterocycles. The van der Waals surface area contributed by atoms with Gasteiger partial charge in [-0.15, -0.1) is 0 Å². The number of rotatable bonds is 8. The molecule has 1 fully saturated rings. The van der Waals surface area contributed by atoms with Crippen LogP contribution in [0.4, 0.5) is 10.1 Å². The standard InChI is InChI=1S/C24H32FN3O4S/c1-4-28-12-10-17-14-22(23(31-3)26-21(17)11-13-28)27-33(29,30)20-8-6-18(7-9-20)24(25)15-19(16-24)32-5-2/h6-9,14,19,27H,4-5,10-13,15-16H2,1-3H3/t19-,24-. The van der Waals surface area contributed by atoms with Crippen LogP contribution >= 0.6 is 0 Å². The molecule has 2 aromatic rings. The molecule has 0 spiro atoms. The van der Waals surface area contributed by atoms with E-state index in [0.717, 1.165) is 43.7 Å². The first kappa shape index (κ1) is 23.9. The summed E-state index contributed by atoms with van der Waals surface area (Å²) < 4.78 is 54.7. The second-order valence-electron chi connectivity index (χ2n) is 8.67. The number of benzene rings is 1. The molecule has 0 bridgehead atoms. The normalized spacial score (nSPS) is 23.3. The maximum Gasteiger partial charge on any atom is 0.262 e. The number of hydrogen-bond acceptors (Lipinski definition) is 6. The van der Waals surface area contributed by atoms with Crippen LogP contribution < -0.4 is 9.46 Å². The highest BCUT2D eigenvalue weighted by molar-refractivity contribution is 7.92. The Labute approximate surface area is 195 Å². The van der Waals surface area contributed by atoms with Crippen molar-refractivity contribution in [1.29, 1.82) is 0 Å². The van der Waals surface area contributed by atoms with Crippen molar-refractivity contribution < 1.29 is 22.3 Å². The van der Waals surface area contributed by atoms with Crippen molar-refractivity contribution in [3.63, 3.8) is 0 Å². The van der Waals surface area contributed by atoms with Gasteiger partial charge in [-0.1, -0.05) is 19.1 Å². The largest absolute Gasteiger partial charge is 0.479 e. The fraction of sp³-hybridized carbons (Fsp3) is 0.542. The van der Waals surface area contributed by atoms with Gasteiger partial charge in [0.05, 0.1) is 18.1 Å². The van der Waals surface area contributed by atoms with E-state index in [0.29, 0.717) is 30.7 Å². The molecule has 1 aliphatic carbocycles. The number of nitrogens with one attached hydrogen (secondary N) is 1. The van der Waals surface area contributed by atoms with Crippen LogP contribution in [0, 0.1) is 0 Å². The molecule has 1 aromatic carbocycles. The first-order valence-electron chi connectivity index (χ1n) is 11.5. The van der Waals surface area contributed by atoms with Gasteiger partial charge < -0.3 is 14.4 Å². The lowest BCUT2D eigenvalue weighted by Gasteiger charge is -2.41. The molecule has 7 nitrogen and oxygen atoms in total. The highest BCUT2D eigenvalue weighted by Crippen LogP contribution is 2.46. The van der Waals surface area contributed by atoms with Crippen molar-refractivity contribution in [2.24, 2.45) is 0 Å². The average Bonchev–Trinajstić information content (AvgIpc) is 2.99. The predicted molar refractivity (Wildman–Crippen MR) is 125 cm³/mol. The molecule has 2 heterocycles. The van der Waals surface area contributed by atoms with Gasteiger partial charge in [0.2, 0.25) is 5.88 Å². The Morgan fingerprint density at radius 2 is 1.88 bits per heavy atom. The van der Waals surface area contributed by atoms with Gasteiger partial charge in [-0.05, 0) is 49.2 Å². The number of hydrogen-bond donors (Lipinski definition) is 1. The van der Waals surface area contributed by atoms with Crippen molar-refractivity contribution >= 4 is 15.7 Å². The monoisotopic (exact) mass is 477 g/mol. The van der Waals surface area contributed by atoms with Crippen molar-refractivity contribution in [2.75, 3.05) is 38.1 Å². The van der Waals surface area contributed by atoms with E-state index in [4.69, 9.17) is 9.47 Å². The van der Waals surface area contributed by atoms with E-state index in [1.165, 1.54) is 19.2 Å². The van der Waals surface area contributed by atoms with Crippen molar-refractivity contribution in [2.45, 2.75) is 56.2 Å². The number of alkyl halides is 1. The fourth-order valence-corrected chi connectivity index (χ4v) is 5.64. The number of sulfonamides is 1.